The van der Waals surface area contributed by atoms with E-state index in [4.69, 9.17) is 0 Å². The number of nitrogens with zero attached hydrogens (tertiary/aromatic N) is 1. The summed E-state index contributed by atoms with van der Waals surface area (Å²) >= 11 is 0. The molecule has 0 aromatic carbocycles. The van der Waals surface area contributed by atoms with Crippen LogP contribution >= 0.6 is 0 Å². The van der Waals surface area contributed by atoms with Gasteiger partial charge in [0.2, 0.25) is 5.91 Å². The number of amides is 1. The van der Waals surface area contributed by atoms with Crippen LogP contribution in [0.5, 0.6) is 0 Å². The maximum atomic E-state index is 11.8. The highest BCUT2D eigenvalue weighted by molar-refractivity contribution is 5.88. The Hall–Kier alpha value is -0.900. The second-order valence-electron chi connectivity index (χ2n) is 5.06. The Kier molecular flexibility index (Phi) is 7.04. The van der Waals surface area contributed by atoms with Gasteiger partial charge in [0.15, 0.2) is 5.78 Å². The Labute approximate surface area is 105 Å². The van der Waals surface area contributed by atoms with Crippen LogP contribution in [0.3, 0.4) is 0 Å². The largest absolute Gasteiger partial charge is 0.345 e. The molecule has 1 amide bonds. The third-order valence-corrected chi connectivity index (χ3v) is 2.90. The van der Waals surface area contributed by atoms with Gasteiger partial charge in [-0.3, -0.25) is 14.5 Å². The average molecular weight is 242 g/mol. The molecule has 0 saturated heterocycles. The zero-order valence-corrected chi connectivity index (χ0v) is 11.9. The van der Waals surface area contributed by atoms with Crippen molar-refractivity contribution in [1.82, 2.24) is 10.2 Å². The van der Waals surface area contributed by atoms with Crippen LogP contribution < -0.4 is 5.32 Å². The highest BCUT2D eigenvalue weighted by Gasteiger charge is 2.21. The van der Waals surface area contributed by atoms with Gasteiger partial charge < -0.3 is 5.32 Å². The summed E-state index contributed by atoms with van der Waals surface area (Å²) in [4.78, 5) is 25.3. The van der Waals surface area contributed by atoms with E-state index in [1.165, 1.54) is 6.92 Å². The number of carbonyl (C=O) groups excluding carboxylic acids is 2. The molecule has 1 atom stereocenters. The van der Waals surface area contributed by atoms with E-state index < -0.39 is 0 Å². The van der Waals surface area contributed by atoms with E-state index >= 15 is 0 Å². The maximum Gasteiger partial charge on any atom is 0.234 e. The molecule has 100 valence electrons. The van der Waals surface area contributed by atoms with Crippen LogP contribution in [0.25, 0.3) is 0 Å². The number of nitrogens with one attached hydrogen (secondary N) is 1. The van der Waals surface area contributed by atoms with Gasteiger partial charge in [0.05, 0.1) is 12.6 Å². The van der Waals surface area contributed by atoms with E-state index in [-0.39, 0.29) is 23.7 Å². The van der Waals surface area contributed by atoms with Gasteiger partial charge in [0.1, 0.15) is 0 Å². The van der Waals surface area contributed by atoms with Crippen molar-refractivity contribution in [3.63, 3.8) is 0 Å². The second kappa shape index (κ2) is 7.43. The lowest BCUT2D eigenvalue weighted by atomic mass is 10.0. The van der Waals surface area contributed by atoms with Gasteiger partial charge in [0, 0.05) is 6.04 Å². The molecule has 0 spiro atoms. The molecule has 0 aliphatic heterocycles. The molecular weight excluding hydrogens is 216 g/mol. The molecule has 4 heteroatoms. The molecule has 0 aliphatic rings. The highest BCUT2D eigenvalue weighted by Crippen LogP contribution is 2.03. The summed E-state index contributed by atoms with van der Waals surface area (Å²) in [6, 6.07) is -0.0334. The normalized spacial score (nSPS) is 13.2. The molecule has 0 aromatic rings. The third-order valence-electron chi connectivity index (χ3n) is 2.90. The quantitative estimate of drug-likeness (QED) is 0.735. The van der Waals surface area contributed by atoms with Crippen molar-refractivity contribution in [3.05, 3.63) is 0 Å². The maximum absolute atomic E-state index is 11.8. The van der Waals surface area contributed by atoms with E-state index in [9.17, 15) is 9.59 Å². The standard InChI is InChI=1S/C13H26N2O2/c1-7-15(10(4)5)8-12(17)14-13(9(2)3)11(6)16/h9-10,13H,7-8H2,1-6H3,(H,14,17). The summed E-state index contributed by atoms with van der Waals surface area (Å²) in [6.07, 6.45) is 0. The van der Waals surface area contributed by atoms with Gasteiger partial charge in [-0.25, -0.2) is 0 Å². The molecule has 0 aliphatic carbocycles. The van der Waals surface area contributed by atoms with Crippen LogP contribution in [0.4, 0.5) is 0 Å². The lowest BCUT2D eigenvalue weighted by molar-refractivity contribution is -0.128. The van der Waals surface area contributed by atoms with E-state index in [0.717, 1.165) is 6.54 Å². The van der Waals surface area contributed by atoms with Crippen molar-refractivity contribution in [2.45, 2.75) is 53.6 Å². The fourth-order valence-corrected chi connectivity index (χ4v) is 1.80. The van der Waals surface area contributed by atoms with Crippen molar-refractivity contribution in [2.24, 2.45) is 5.92 Å². The first kappa shape index (κ1) is 16.1. The molecule has 0 heterocycles. The van der Waals surface area contributed by atoms with Crippen LogP contribution in [0, 0.1) is 5.92 Å². The summed E-state index contributed by atoms with van der Waals surface area (Å²) in [7, 11) is 0. The van der Waals surface area contributed by atoms with E-state index in [1.54, 1.807) is 0 Å². The van der Waals surface area contributed by atoms with Gasteiger partial charge in [-0.1, -0.05) is 20.8 Å². The van der Waals surface area contributed by atoms with Crippen LogP contribution in [0.2, 0.25) is 0 Å². The van der Waals surface area contributed by atoms with E-state index in [1.807, 2.05) is 20.8 Å². The SMILES string of the molecule is CCN(CC(=O)NC(C(C)=O)C(C)C)C(C)C. The number of rotatable bonds is 7. The molecule has 1 N–H and O–H groups in total. The Morgan fingerprint density at radius 3 is 2.00 bits per heavy atom. The van der Waals surface area contributed by atoms with Gasteiger partial charge in [-0.2, -0.15) is 0 Å². The number of ketones is 1. The number of Topliss-reactive ketones (excluding diaryl/α,β-unsaturated/α-hetero) is 1. The summed E-state index contributed by atoms with van der Waals surface area (Å²) in [5.74, 6) is 0.0703. The Bertz CT molecular complexity index is 262. The van der Waals surface area contributed by atoms with Crippen LogP contribution in [0.15, 0.2) is 0 Å². The molecule has 17 heavy (non-hydrogen) atoms. The van der Waals surface area contributed by atoms with Crippen molar-refractivity contribution >= 4 is 11.7 Å². The monoisotopic (exact) mass is 242 g/mol. The highest BCUT2D eigenvalue weighted by atomic mass is 16.2. The summed E-state index contributed by atoms with van der Waals surface area (Å²) in [6.45, 7) is 12.7. The fourth-order valence-electron chi connectivity index (χ4n) is 1.80. The second-order valence-corrected chi connectivity index (χ2v) is 5.06. The van der Waals surface area contributed by atoms with Crippen molar-refractivity contribution in [2.75, 3.05) is 13.1 Å². The first-order valence-electron chi connectivity index (χ1n) is 6.33. The number of hydrogen-bond acceptors (Lipinski definition) is 3. The molecular formula is C13H26N2O2. The minimum atomic E-state index is -0.367. The zero-order valence-electron chi connectivity index (χ0n) is 11.9. The molecule has 0 rings (SSSR count). The molecule has 0 bridgehead atoms. The molecule has 0 radical (unpaired) electrons. The van der Waals surface area contributed by atoms with Crippen molar-refractivity contribution in [3.8, 4) is 0 Å². The average Bonchev–Trinajstić information content (AvgIpc) is 2.21. The molecule has 0 aromatic heterocycles. The van der Waals surface area contributed by atoms with E-state index in [2.05, 4.69) is 24.1 Å². The molecule has 4 nitrogen and oxygen atoms in total. The van der Waals surface area contributed by atoms with E-state index in [0.29, 0.717) is 12.6 Å². The molecule has 1 unspecified atom stereocenters. The van der Waals surface area contributed by atoms with Crippen molar-refractivity contribution in [1.29, 1.82) is 0 Å². The topological polar surface area (TPSA) is 49.4 Å². The molecule has 0 fully saturated rings. The fraction of sp³-hybridized carbons (Fsp3) is 0.846. The number of likely N-dealkylation sites (N-methyl/N-ethyl adjacent to an activating group) is 1. The van der Waals surface area contributed by atoms with Gasteiger partial charge >= 0.3 is 0 Å². The first-order chi connectivity index (χ1) is 7.79. The van der Waals surface area contributed by atoms with Gasteiger partial charge in [0.25, 0.3) is 0 Å². The van der Waals surface area contributed by atoms with Crippen LogP contribution in [-0.2, 0) is 9.59 Å². The van der Waals surface area contributed by atoms with Crippen LogP contribution in [-0.4, -0.2) is 41.8 Å². The van der Waals surface area contributed by atoms with Crippen LogP contribution in [0.1, 0.15) is 41.5 Å². The lowest BCUT2D eigenvalue weighted by Gasteiger charge is -2.26. The first-order valence-corrected chi connectivity index (χ1v) is 6.33. The summed E-state index contributed by atoms with van der Waals surface area (Å²) < 4.78 is 0. The minimum absolute atomic E-state index is 0.0148. The summed E-state index contributed by atoms with van der Waals surface area (Å²) in [5, 5.41) is 2.81. The predicted molar refractivity (Wildman–Crippen MR) is 69.8 cm³/mol. The smallest absolute Gasteiger partial charge is 0.234 e. The number of hydrogen-bond donors (Lipinski definition) is 1. The minimum Gasteiger partial charge on any atom is -0.345 e. The third kappa shape index (κ3) is 5.82. The zero-order chi connectivity index (χ0) is 13.6. The Balaban J connectivity index is 4.37. The lowest BCUT2D eigenvalue weighted by Crippen LogP contribution is -2.48. The molecule has 0 saturated carbocycles. The van der Waals surface area contributed by atoms with Gasteiger partial charge in [-0.15, -0.1) is 0 Å². The predicted octanol–water partition coefficient (Wildman–Crippen LogP) is 1.45. The Morgan fingerprint density at radius 2 is 1.71 bits per heavy atom. The van der Waals surface area contributed by atoms with Crippen molar-refractivity contribution < 1.29 is 9.59 Å². The Morgan fingerprint density at radius 1 is 1.18 bits per heavy atom. The summed E-state index contributed by atoms with van der Waals surface area (Å²) in [5.41, 5.74) is 0. The number of carbonyl (C=O) groups is 2. The van der Waals surface area contributed by atoms with Gasteiger partial charge in [-0.05, 0) is 33.2 Å².